The summed E-state index contributed by atoms with van der Waals surface area (Å²) in [7, 11) is 0. The molecule has 5 nitrogen and oxygen atoms in total. The molecular formula is C18H27N3O2. The number of aryl methyl sites for hydroxylation is 2. The molecule has 1 aliphatic heterocycles. The Kier molecular flexibility index (Phi) is 6.02. The number of benzene rings is 1. The van der Waals surface area contributed by atoms with Gasteiger partial charge in [-0.05, 0) is 24.0 Å². The fourth-order valence-corrected chi connectivity index (χ4v) is 3.02. The predicted molar refractivity (Wildman–Crippen MR) is 92.5 cm³/mol. The van der Waals surface area contributed by atoms with Crippen molar-refractivity contribution in [2.45, 2.75) is 33.6 Å². The van der Waals surface area contributed by atoms with Gasteiger partial charge in [-0.2, -0.15) is 0 Å². The van der Waals surface area contributed by atoms with Crippen molar-refractivity contribution in [3.8, 4) is 0 Å². The summed E-state index contributed by atoms with van der Waals surface area (Å²) in [4.78, 5) is 27.4. The first-order chi connectivity index (χ1) is 11.1. The molecule has 23 heavy (non-hydrogen) atoms. The molecule has 1 N–H and O–H groups in total. The minimum atomic E-state index is 0.0830. The first-order valence-corrected chi connectivity index (χ1v) is 8.44. The van der Waals surface area contributed by atoms with Crippen molar-refractivity contribution in [3.05, 3.63) is 29.3 Å². The second-order valence-electron chi connectivity index (χ2n) is 5.90. The third-order valence-corrected chi connectivity index (χ3v) is 4.49. The number of amides is 2. The molecule has 0 aliphatic carbocycles. The van der Waals surface area contributed by atoms with Gasteiger partial charge in [0.2, 0.25) is 11.8 Å². The van der Waals surface area contributed by atoms with Crippen molar-refractivity contribution in [1.29, 1.82) is 0 Å². The Morgan fingerprint density at radius 1 is 1.00 bits per heavy atom. The number of nitrogens with zero attached hydrogens (tertiary/aromatic N) is 2. The Balaban J connectivity index is 1.94. The molecule has 1 saturated heterocycles. The van der Waals surface area contributed by atoms with Crippen molar-refractivity contribution in [2.24, 2.45) is 0 Å². The Morgan fingerprint density at radius 3 is 2.00 bits per heavy atom. The number of piperazine rings is 1. The van der Waals surface area contributed by atoms with Gasteiger partial charge in [0.15, 0.2) is 0 Å². The third kappa shape index (κ3) is 4.24. The minimum absolute atomic E-state index is 0.0830. The summed E-state index contributed by atoms with van der Waals surface area (Å²) in [6.07, 6.45) is 1.89. The van der Waals surface area contributed by atoms with E-state index in [1.807, 2.05) is 4.90 Å². The average Bonchev–Trinajstić information content (AvgIpc) is 2.59. The monoisotopic (exact) mass is 317 g/mol. The predicted octanol–water partition coefficient (Wildman–Crippen LogP) is 1.91. The van der Waals surface area contributed by atoms with Gasteiger partial charge in [-0.1, -0.05) is 32.0 Å². The Labute approximate surface area is 138 Å². The maximum Gasteiger partial charge on any atom is 0.241 e. The largest absolute Gasteiger partial charge is 0.376 e. The molecule has 1 heterocycles. The number of carbonyl (C=O) groups excluding carboxylic acids is 2. The molecule has 0 spiro atoms. The number of rotatable bonds is 5. The first kappa shape index (κ1) is 17.3. The molecule has 2 amide bonds. The standard InChI is InChI=1S/C18H27N3O2/c1-4-15-7-6-8-16(5-2)18(15)19-13-17(23)21-11-9-20(10-12-21)14(3)22/h6-8,19H,4-5,9-13H2,1-3H3. The van der Waals surface area contributed by atoms with E-state index in [1.54, 1.807) is 11.8 Å². The number of para-hydroxylation sites is 1. The van der Waals surface area contributed by atoms with Crippen LogP contribution in [0.5, 0.6) is 0 Å². The quantitative estimate of drug-likeness (QED) is 0.902. The van der Waals surface area contributed by atoms with Crippen molar-refractivity contribution in [3.63, 3.8) is 0 Å². The molecule has 1 aliphatic rings. The molecule has 1 aromatic rings. The van der Waals surface area contributed by atoms with Crippen LogP contribution in [-0.2, 0) is 22.4 Å². The van der Waals surface area contributed by atoms with E-state index >= 15 is 0 Å². The van der Waals surface area contributed by atoms with E-state index < -0.39 is 0 Å². The lowest BCUT2D eigenvalue weighted by Gasteiger charge is -2.34. The highest BCUT2D eigenvalue weighted by molar-refractivity contribution is 5.82. The van der Waals surface area contributed by atoms with E-state index in [-0.39, 0.29) is 11.8 Å². The summed E-state index contributed by atoms with van der Waals surface area (Å²) in [5, 5.41) is 3.34. The summed E-state index contributed by atoms with van der Waals surface area (Å²) in [5.74, 6) is 0.181. The summed E-state index contributed by atoms with van der Waals surface area (Å²) in [5.41, 5.74) is 3.60. The highest BCUT2D eigenvalue weighted by Crippen LogP contribution is 2.22. The smallest absolute Gasteiger partial charge is 0.241 e. The van der Waals surface area contributed by atoms with E-state index in [2.05, 4.69) is 37.4 Å². The zero-order chi connectivity index (χ0) is 16.8. The molecule has 5 heteroatoms. The zero-order valence-electron chi connectivity index (χ0n) is 14.4. The summed E-state index contributed by atoms with van der Waals surface area (Å²) >= 11 is 0. The van der Waals surface area contributed by atoms with Crippen LogP contribution in [0.2, 0.25) is 0 Å². The molecule has 0 bridgehead atoms. The molecule has 2 rings (SSSR count). The second-order valence-corrected chi connectivity index (χ2v) is 5.90. The maximum absolute atomic E-state index is 12.4. The lowest BCUT2D eigenvalue weighted by Crippen LogP contribution is -2.51. The van der Waals surface area contributed by atoms with Gasteiger partial charge >= 0.3 is 0 Å². The Morgan fingerprint density at radius 2 is 1.52 bits per heavy atom. The fraction of sp³-hybridized carbons (Fsp3) is 0.556. The molecule has 0 radical (unpaired) electrons. The van der Waals surface area contributed by atoms with Crippen LogP contribution in [-0.4, -0.2) is 54.3 Å². The summed E-state index contributed by atoms with van der Waals surface area (Å²) in [6.45, 7) is 8.65. The molecular weight excluding hydrogens is 290 g/mol. The molecule has 0 atom stereocenters. The van der Waals surface area contributed by atoms with Crippen molar-refractivity contribution in [2.75, 3.05) is 38.0 Å². The number of anilines is 1. The summed E-state index contributed by atoms with van der Waals surface area (Å²) < 4.78 is 0. The number of hydrogen-bond donors (Lipinski definition) is 1. The van der Waals surface area contributed by atoms with Crippen LogP contribution in [0.1, 0.15) is 31.9 Å². The van der Waals surface area contributed by atoms with E-state index in [1.165, 1.54) is 11.1 Å². The van der Waals surface area contributed by atoms with Crippen molar-refractivity contribution < 1.29 is 9.59 Å². The molecule has 0 unspecified atom stereocenters. The van der Waals surface area contributed by atoms with Gasteiger partial charge in [-0.15, -0.1) is 0 Å². The van der Waals surface area contributed by atoms with Crippen LogP contribution in [0.3, 0.4) is 0 Å². The number of nitrogens with one attached hydrogen (secondary N) is 1. The van der Waals surface area contributed by atoms with Crippen molar-refractivity contribution >= 4 is 17.5 Å². The van der Waals surface area contributed by atoms with Gasteiger partial charge in [0.25, 0.3) is 0 Å². The van der Waals surface area contributed by atoms with Gasteiger partial charge in [-0.25, -0.2) is 0 Å². The minimum Gasteiger partial charge on any atom is -0.376 e. The van der Waals surface area contributed by atoms with Crippen LogP contribution in [0.4, 0.5) is 5.69 Å². The molecule has 126 valence electrons. The Hall–Kier alpha value is -2.04. The van der Waals surface area contributed by atoms with Crippen LogP contribution in [0, 0.1) is 0 Å². The summed E-state index contributed by atoms with van der Waals surface area (Å²) in [6, 6.07) is 6.29. The lowest BCUT2D eigenvalue weighted by molar-refractivity contribution is -0.137. The van der Waals surface area contributed by atoms with Crippen LogP contribution < -0.4 is 5.32 Å². The lowest BCUT2D eigenvalue weighted by atomic mass is 10.0. The van der Waals surface area contributed by atoms with Gasteiger partial charge in [-0.3, -0.25) is 9.59 Å². The van der Waals surface area contributed by atoms with Crippen molar-refractivity contribution in [1.82, 2.24) is 9.80 Å². The van der Waals surface area contributed by atoms with E-state index in [0.29, 0.717) is 32.7 Å². The van der Waals surface area contributed by atoms with E-state index in [4.69, 9.17) is 0 Å². The zero-order valence-corrected chi connectivity index (χ0v) is 14.4. The van der Waals surface area contributed by atoms with Gasteiger partial charge < -0.3 is 15.1 Å². The fourth-order valence-electron chi connectivity index (χ4n) is 3.02. The SMILES string of the molecule is CCc1cccc(CC)c1NCC(=O)N1CCN(C(C)=O)CC1. The normalized spacial score (nSPS) is 14.7. The molecule has 0 aromatic heterocycles. The van der Waals surface area contributed by atoms with Gasteiger partial charge in [0, 0.05) is 38.8 Å². The van der Waals surface area contributed by atoms with E-state index in [0.717, 1.165) is 18.5 Å². The maximum atomic E-state index is 12.4. The highest BCUT2D eigenvalue weighted by Gasteiger charge is 2.22. The molecule has 0 saturated carbocycles. The molecule has 1 aromatic carbocycles. The Bertz CT molecular complexity index is 541. The molecule has 1 fully saturated rings. The van der Waals surface area contributed by atoms with E-state index in [9.17, 15) is 9.59 Å². The van der Waals surface area contributed by atoms with Gasteiger partial charge in [0.1, 0.15) is 0 Å². The topological polar surface area (TPSA) is 52.7 Å². The van der Waals surface area contributed by atoms with Crippen LogP contribution in [0.15, 0.2) is 18.2 Å². The second kappa shape index (κ2) is 7.99. The highest BCUT2D eigenvalue weighted by atomic mass is 16.2. The first-order valence-electron chi connectivity index (χ1n) is 8.44. The third-order valence-electron chi connectivity index (χ3n) is 4.49. The van der Waals surface area contributed by atoms with Crippen LogP contribution in [0.25, 0.3) is 0 Å². The van der Waals surface area contributed by atoms with Crippen LogP contribution >= 0.6 is 0 Å². The van der Waals surface area contributed by atoms with Gasteiger partial charge in [0.05, 0.1) is 6.54 Å². The average molecular weight is 317 g/mol. The number of carbonyl (C=O) groups is 2. The number of hydrogen-bond acceptors (Lipinski definition) is 3.